The van der Waals surface area contributed by atoms with Gasteiger partial charge >= 0.3 is 0 Å². The lowest BCUT2D eigenvalue weighted by Gasteiger charge is -2.36. The van der Waals surface area contributed by atoms with Crippen LogP contribution in [0.4, 0.5) is 5.69 Å². The summed E-state index contributed by atoms with van der Waals surface area (Å²) >= 11 is 0. The Hall–Kier alpha value is -2.77. The minimum absolute atomic E-state index is 0.0141. The van der Waals surface area contributed by atoms with Crippen LogP contribution in [0, 0.1) is 10.1 Å². The fourth-order valence-corrected chi connectivity index (χ4v) is 2.42. The molecule has 0 aromatic heterocycles. The summed E-state index contributed by atoms with van der Waals surface area (Å²) in [6, 6.07) is 14.7. The van der Waals surface area contributed by atoms with Gasteiger partial charge in [0.05, 0.1) is 17.6 Å². The van der Waals surface area contributed by atoms with Crippen LogP contribution in [0.3, 0.4) is 0 Å². The molecule has 2 atom stereocenters. The number of carbonyl (C=O) groups is 1. The van der Waals surface area contributed by atoms with Gasteiger partial charge in [-0.25, -0.2) is 9.90 Å². The maximum atomic E-state index is 12.5. The Kier molecular flexibility index (Phi) is 4.54. The summed E-state index contributed by atoms with van der Waals surface area (Å²) in [7, 11) is 0. The van der Waals surface area contributed by atoms with Crippen LogP contribution < -0.4 is 0 Å². The molecule has 7 nitrogen and oxygen atoms in total. The van der Waals surface area contributed by atoms with Crippen LogP contribution in [0.25, 0.3) is 0 Å². The normalized spacial score (nSPS) is 20.6. The first-order chi connectivity index (χ1) is 11.5. The molecule has 0 bridgehead atoms. The quantitative estimate of drug-likeness (QED) is 0.639. The van der Waals surface area contributed by atoms with E-state index in [1.54, 1.807) is 36.4 Å². The Morgan fingerprint density at radius 2 is 1.83 bits per heavy atom. The first kappa shape index (κ1) is 16.1. The molecule has 2 aromatic rings. The molecule has 1 aliphatic rings. The zero-order chi connectivity index (χ0) is 17.1. The zero-order valence-electron chi connectivity index (χ0n) is 13.0. The van der Waals surface area contributed by atoms with Gasteiger partial charge < -0.3 is 4.74 Å². The van der Waals surface area contributed by atoms with Gasteiger partial charge in [-0.3, -0.25) is 14.9 Å². The Balaban J connectivity index is 1.78. The van der Waals surface area contributed by atoms with Gasteiger partial charge in [0.1, 0.15) is 0 Å². The number of hydroxylamine groups is 2. The number of ether oxygens (including phenoxy) is 1. The first-order valence-corrected chi connectivity index (χ1v) is 7.48. The van der Waals surface area contributed by atoms with E-state index in [0.29, 0.717) is 17.7 Å². The minimum atomic E-state index is -0.790. The third kappa shape index (κ3) is 3.42. The Morgan fingerprint density at radius 1 is 1.17 bits per heavy atom. The molecule has 0 aliphatic carbocycles. The highest BCUT2D eigenvalue weighted by atomic mass is 16.8. The lowest BCUT2D eigenvalue weighted by molar-refractivity contribution is -0.385. The lowest BCUT2D eigenvalue weighted by Crippen LogP contribution is -2.44. The van der Waals surface area contributed by atoms with Crippen molar-refractivity contribution in [3.05, 3.63) is 75.8 Å². The van der Waals surface area contributed by atoms with E-state index in [9.17, 15) is 14.9 Å². The SMILES string of the molecule is C[C@H]1CN(C(=O)c2ccccc2)O[C@H](c2ccc([N+](=O)[O-])cc2)O1. The van der Waals surface area contributed by atoms with Gasteiger partial charge in [-0.05, 0) is 31.2 Å². The van der Waals surface area contributed by atoms with E-state index >= 15 is 0 Å². The van der Waals surface area contributed by atoms with E-state index in [2.05, 4.69) is 0 Å². The van der Waals surface area contributed by atoms with Crippen molar-refractivity contribution in [2.75, 3.05) is 6.54 Å². The number of hydrogen-bond acceptors (Lipinski definition) is 5. The summed E-state index contributed by atoms with van der Waals surface area (Å²) in [6.45, 7) is 2.14. The number of rotatable bonds is 3. The molecule has 124 valence electrons. The van der Waals surface area contributed by atoms with Crippen molar-refractivity contribution in [2.45, 2.75) is 19.3 Å². The van der Waals surface area contributed by atoms with E-state index in [4.69, 9.17) is 9.57 Å². The molecular formula is C17H16N2O5. The number of non-ortho nitro benzene ring substituents is 1. The highest BCUT2D eigenvalue weighted by molar-refractivity contribution is 5.93. The van der Waals surface area contributed by atoms with Crippen LogP contribution in [-0.4, -0.2) is 28.5 Å². The van der Waals surface area contributed by atoms with Crippen molar-refractivity contribution in [2.24, 2.45) is 0 Å². The lowest BCUT2D eigenvalue weighted by atomic mass is 10.2. The maximum Gasteiger partial charge on any atom is 0.277 e. The zero-order valence-corrected chi connectivity index (χ0v) is 13.0. The van der Waals surface area contributed by atoms with Crippen molar-refractivity contribution in [3.8, 4) is 0 Å². The summed E-state index contributed by atoms with van der Waals surface area (Å²) in [6.07, 6.45) is -1.02. The molecule has 1 amide bonds. The second-order valence-corrected chi connectivity index (χ2v) is 5.46. The van der Waals surface area contributed by atoms with Gasteiger partial charge in [-0.1, -0.05) is 18.2 Å². The maximum absolute atomic E-state index is 12.5. The molecule has 0 unspecified atom stereocenters. The van der Waals surface area contributed by atoms with Crippen molar-refractivity contribution in [3.63, 3.8) is 0 Å². The fourth-order valence-electron chi connectivity index (χ4n) is 2.42. The summed E-state index contributed by atoms with van der Waals surface area (Å²) in [4.78, 5) is 28.4. The molecule has 1 fully saturated rings. The highest BCUT2D eigenvalue weighted by Crippen LogP contribution is 2.28. The summed E-state index contributed by atoms with van der Waals surface area (Å²) < 4.78 is 5.70. The Labute approximate surface area is 138 Å². The fraction of sp³-hybridized carbons (Fsp3) is 0.235. The van der Waals surface area contributed by atoms with Crippen LogP contribution in [0.1, 0.15) is 29.1 Å². The third-order valence-corrected chi connectivity index (χ3v) is 3.63. The van der Waals surface area contributed by atoms with Crippen LogP contribution in [-0.2, 0) is 9.57 Å². The molecule has 0 spiro atoms. The predicted molar refractivity (Wildman–Crippen MR) is 84.9 cm³/mol. The largest absolute Gasteiger partial charge is 0.342 e. The second kappa shape index (κ2) is 6.77. The topological polar surface area (TPSA) is 81.9 Å². The van der Waals surface area contributed by atoms with Crippen molar-refractivity contribution in [1.29, 1.82) is 0 Å². The van der Waals surface area contributed by atoms with Crippen LogP contribution in [0.15, 0.2) is 54.6 Å². The highest BCUT2D eigenvalue weighted by Gasteiger charge is 2.31. The van der Waals surface area contributed by atoms with Gasteiger partial charge in [0.2, 0.25) is 6.29 Å². The second-order valence-electron chi connectivity index (χ2n) is 5.46. The number of nitro groups is 1. The van der Waals surface area contributed by atoms with Crippen molar-refractivity contribution < 1.29 is 19.3 Å². The molecule has 0 saturated carbocycles. The number of benzene rings is 2. The molecule has 1 saturated heterocycles. The minimum Gasteiger partial charge on any atom is -0.342 e. The van der Waals surface area contributed by atoms with Gasteiger partial charge in [-0.2, -0.15) is 0 Å². The molecule has 24 heavy (non-hydrogen) atoms. The average molecular weight is 328 g/mol. The Morgan fingerprint density at radius 3 is 2.46 bits per heavy atom. The van der Waals surface area contributed by atoms with E-state index in [-0.39, 0.29) is 17.7 Å². The van der Waals surface area contributed by atoms with E-state index in [1.807, 2.05) is 13.0 Å². The molecule has 7 heteroatoms. The number of nitro benzene ring substituents is 1. The van der Waals surface area contributed by atoms with E-state index in [1.165, 1.54) is 17.2 Å². The Bertz CT molecular complexity index is 732. The molecule has 2 aromatic carbocycles. The van der Waals surface area contributed by atoms with Crippen LogP contribution in [0.5, 0.6) is 0 Å². The number of hydrogen-bond donors (Lipinski definition) is 0. The molecule has 3 rings (SSSR count). The number of carbonyl (C=O) groups excluding carboxylic acids is 1. The first-order valence-electron chi connectivity index (χ1n) is 7.48. The smallest absolute Gasteiger partial charge is 0.277 e. The van der Waals surface area contributed by atoms with E-state index < -0.39 is 11.2 Å². The van der Waals surface area contributed by atoms with Gasteiger partial charge in [0.15, 0.2) is 0 Å². The van der Waals surface area contributed by atoms with Crippen molar-refractivity contribution >= 4 is 11.6 Å². The molecule has 0 radical (unpaired) electrons. The summed E-state index contributed by atoms with van der Waals surface area (Å²) in [5, 5.41) is 12.0. The molecular weight excluding hydrogens is 312 g/mol. The monoisotopic (exact) mass is 328 g/mol. The van der Waals surface area contributed by atoms with Gasteiger partial charge in [0, 0.05) is 23.3 Å². The van der Waals surface area contributed by atoms with Crippen LogP contribution >= 0.6 is 0 Å². The summed E-state index contributed by atoms with van der Waals surface area (Å²) in [5.74, 6) is -0.252. The van der Waals surface area contributed by atoms with Gasteiger partial charge in [0.25, 0.3) is 11.6 Å². The molecule has 0 N–H and O–H groups in total. The number of nitrogens with zero attached hydrogens (tertiary/aromatic N) is 2. The molecule has 1 aliphatic heterocycles. The van der Waals surface area contributed by atoms with Gasteiger partial charge in [-0.15, -0.1) is 0 Å². The van der Waals surface area contributed by atoms with Crippen molar-refractivity contribution in [1.82, 2.24) is 5.06 Å². The standard InChI is InChI=1S/C17H16N2O5/c1-12-11-18(16(20)13-5-3-2-4-6-13)24-17(23-12)14-7-9-15(10-8-14)19(21)22/h2-10,12,17H,11H2,1H3/t12-,17+/m0/s1. The summed E-state index contributed by atoms with van der Waals surface area (Å²) in [5.41, 5.74) is 1.12. The predicted octanol–water partition coefficient (Wildman–Crippen LogP) is 3.09. The molecule has 1 heterocycles. The third-order valence-electron chi connectivity index (χ3n) is 3.63. The van der Waals surface area contributed by atoms with Crippen LogP contribution in [0.2, 0.25) is 0 Å². The van der Waals surface area contributed by atoms with E-state index in [0.717, 1.165) is 0 Å². The number of amides is 1. The average Bonchev–Trinajstić information content (AvgIpc) is 2.61.